The number of fused-ring (bicyclic) bond motifs is 5. The highest BCUT2D eigenvalue weighted by atomic mass is 16.5. The van der Waals surface area contributed by atoms with Gasteiger partial charge >= 0.3 is 0 Å². The van der Waals surface area contributed by atoms with Crippen LogP contribution in [0.15, 0.2) is 0 Å². The minimum absolute atomic E-state index is 0.407. The molecule has 3 heteroatoms. The highest BCUT2D eigenvalue weighted by Gasteiger charge is 2.61. The average Bonchev–Trinajstić information content (AvgIpc) is 2.92. The van der Waals surface area contributed by atoms with Crippen LogP contribution < -0.4 is 0 Å². The van der Waals surface area contributed by atoms with Crippen LogP contribution in [0.3, 0.4) is 0 Å². The van der Waals surface area contributed by atoms with Crippen LogP contribution in [0.1, 0.15) is 71.6 Å². The molecule has 0 spiro atoms. The lowest BCUT2D eigenvalue weighted by molar-refractivity contribution is -0.167. The smallest absolute Gasteiger partial charge is 0.0883 e. The van der Waals surface area contributed by atoms with Crippen molar-refractivity contribution in [1.29, 1.82) is 0 Å². The lowest BCUT2D eigenvalue weighted by Crippen LogP contribution is -2.57. The molecular formula is C22H38O3. The van der Waals surface area contributed by atoms with Gasteiger partial charge in [0.25, 0.3) is 0 Å². The molecule has 25 heavy (non-hydrogen) atoms. The fourth-order valence-electron chi connectivity index (χ4n) is 8.06. The summed E-state index contributed by atoms with van der Waals surface area (Å²) in [5, 5.41) is 10.9. The highest BCUT2D eigenvalue weighted by Crippen LogP contribution is 2.67. The first-order valence-corrected chi connectivity index (χ1v) is 10.6. The molecule has 4 fully saturated rings. The molecule has 0 radical (unpaired) electrons. The van der Waals surface area contributed by atoms with E-state index in [0.29, 0.717) is 29.5 Å². The first-order chi connectivity index (χ1) is 11.9. The predicted octanol–water partition coefficient (Wildman–Crippen LogP) is 4.42. The van der Waals surface area contributed by atoms with Crippen LogP contribution in [0.5, 0.6) is 0 Å². The summed E-state index contributed by atoms with van der Waals surface area (Å²) in [6.07, 6.45) is 11.5. The zero-order valence-corrected chi connectivity index (χ0v) is 16.7. The Kier molecular flexibility index (Phi) is 4.53. The van der Waals surface area contributed by atoms with Gasteiger partial charge in [0, 0.05) is 14.2 Å². The van der Waals surface area contributed by atoms with Gasteiger partial charge in [0.05, 0.1) is 18.3 Å². The van der Waals surface area contributed by atoms with E-state index < -0.39 is 5.60 Å². The maximum absolute atomic E-state index is 10.9. The molecule has 4 aliphatic carbocycles. The number of hydrogen-bond donors (Lipinski definition) is 1. The first kappa shape index (κ1) is 18.3. The summed E-state index contributed by atoms with van der Waals surface area (Å²) in [7, 11) is 3.64. The predicted molar refractivity (Wildman–Crippen MR) is 99.3 cm³/mol. The Balaban J connectivity index is 1.56. The Morgan fingerprint density at radius 1 is 0.880 bits per heavy atom. The van der Waals surface area contributed by atoms with E-state index in [4.69, 9.17) is 9.47 Å². The summed E-state index contributed by atoms with van der Waals surface area (Å²) in [6.45, 7) is 5.58. The van der Waals surface area contributed by atoms with Crippen molar-refractivity contribution in [3.63, 3.8) is 0 Å². The molecule has 144 valence electrons. The normalized spacial score (nSPS) is 55.3. The second kappa shape index (κ2) is 6.21. The molecule has 3 nitrogen and oxygen atoms in total. The maximum Gasteiger partial charge on any atom is 0.0883 e. The van der Waals surface area contributed by atoms with Gasteiger partial charge in [-0.05, 0) is 92.3 Å². The lowest BCUT2D eigenvalue weighted by atomic mass is 9.44. The minimum Gasteiger partial charge on any atom is -0.387 e. The van der Waals surface area contributed by atoms with Crippen molar-refractivity contribution in [3.8, 4) is 0 Å². The third kappa shape index (κ3) is 2.63. The van der Waals surface area contributed by atoms with E-state index >= 15 is 0 Å². The Labute approximate surface area is 153 Å². The summed E-state index contributed by atoms with van der Waals surface area (Å²) >= 11 is 0. The molecule has 0 aromatic carbocycles. The lowest BCUT2D eigenvalue weighted by Gasteiger charge is -2.62. The molecule has 0 amide bonds. The molecule has 0 aromatic heterocycles. The first-order valence-electron chi connectivity index (χ1n) is 10.6. The Morgan fingerprint density at radius 3 is 2.36 bits per heavy atom. The maximum atomic E-state index is 10.9. The summed E-state index contributed by atoms with van der Waals surface area (Å²) in [5.41, 5.74) is 0.253. The number of aliphatic hydroxyl groups is 1. The Hall–Kier alpha value is -0.120. The van der Waals surface area contributed by atoms with Gasteiger partial charge in [-0.1, -0.05) is 13.8 Å². The van der Waals surface area contributed by atoms with E-state index in [2.05, 4.69) is 13.8 Å². The number of hydrogen-bond acceptors (Lipinski definition) is 3. The van der Waals surface area contributed by atoms with E-state index in [1.807, 2.05) is 7.11 Å². The van der Waals surface area contributed by atoms with E-state index in [1.54, 1.807) is 7.11 Å². The van der Waals surface area contributed by atoms with Crippen LogP contribution in [-0.2, 0) is 9.47 Å². The SMILES string of the molecule is COC[C@@]1(O)CC[C@@]2(C)C(CCC3C2CC[C@@]2(C)C3CC[C@@H]2OC)C1. The van der Waals surface area contributed by atoms with Gasteiger partial charge in [0.15, 0.2) is 0 Å². The second-order valence-corrected chi connectivity index (χ2v) is 10.4. The quantitative estimate of drug-likeness (QED) is 0.819. The van der Waals surface area contributed by atoms with Gasteiger partial charge in [0.2, 0.25) is 0 Å². The van der Waals surface area contributed by atoms with Crippen LogP contribution in [-0.4, -0.2) is 37.6 Å². The van der Waals surface area contributed by atoms with Crippen molar-refractivity contribution in [2.75, 3.05) is 20.8 Å². The molecule has 0 bridgehead atoms. The van der Waals surface area contributed by atoms with E-state index in [0.717, 1.165) is 30.6 Å². The van der Waals surface area contributed by atoms with E-state index in [1.165, 1.54) is 44.9 Å². The van der Waals surface area contributed by atoms with Crippen LogP contribution in [0, 0.1) is 34.5 Å². The van der Waals surface area contributed by atoms with Crippen molar-refractivity contribution in [2.45, 2.75) is 83.3 Å². The number of rotatable bonds is 3. The van der Waals surface area contributed by atoms with Crippen LogP contribution >= 0.6 is 0 Å². The minimum atomic E-state index is -0.580. The second-order valence-electron chi connectivity index (χ2n) is 10.4. The van der Waals surface area contributed by atoms with Crippen molar-refractivity contribution < 1.29 is 14.6 Å². The largest absolute Gasteiger partial charge is 0.387 e. The van der Waals surface area contributed by atoms with E-state index in [-0.39, 0.29) is 0 Å². The molecule has 0 heterocycles. The van der Waals surface area contributed by atoms with Gasteiger partial charge in [-0.2, -0.15) is 0 Å². The van der Waals surface area contributed by atoms with Gasteiger partial charge in [0.1, 0.15) is 0 Å². The molecule has 1 N–H and O–H groups in total. The monoisotopic (exact) mass is 350 g/mol. The van der Waals surface area contributed by atoms with Gasteiger partial charge in [-0.25, -0.2) is 0 Å². The van der Waals surface area contributed by atoms with Crippen LogP contribution in [0.4, 0.5) is 0 Å². The van der Waals surface area contributed by atoms with Gasteiger partial charge in [-0.3, -0.25) is 0 Å². The fourth-order valence-corrected chi connectivity index (χ4v) is 8.06. The highest BCUT2D eigenvalue weighted by molar-refractivity contribution is 5.10. The number of ether oxygens (including phenoxy) is 2. The van der Waals surface area contributed by atoms with Crippen LogP contribution in [0.25, 0.3) is 0 Å². The summed E-state index contributed by atoms with van der Waals surface area (Å²) in [5.74, 6) is 3.26. The molecule has 4 aliphatic rings. The van der Waals surface area contributed by atoms with Crippen LogP contribution in [0.2, 0.25) is 0 Å². The molecule has 4 saturated carbocycles. The molecule has 8 atom stereocenters. The zero-order valence-electron chi connectivity index (χ0n) is 16.7. The van der Waals surface area contributed by atoms with Gasteiger partial charge < -0.3 is 14.6 Å². The topological polar surface area (TPSA) is 38.7 Å². The molecule has 0 aromatic rings. The molecule has 0 saturated heterocycles. The summed E-state index contributed by atoms with van der Waals surface area (Å²) in [4.78, 5) is 0. The van der Waals surface area contributed by atoms with Gasteiger partial charge in [-0.15, -0.1) is 0 Å². The molecular weight excluding hydrogens is 312 g/mol. The molecule has 0 aliphatic heterocycles. The Morgan fingerprint density at radius 2 is 1.64 bits per heavy atom. The molecule has 4 unspecified atom stereocenters. The van der Waals surface area contributed by atoms with Crippen molar-refractivity contribution in [2.24, 2.45) is 34.5 Å². The summed E-state index contributed by atoms with van der Waals surface area (Å²) < 4.78 is 11.2. The fraction of sp³-hybridized carbons (Fsp3) is 1.00. The Bertz CT molecular complexity index is 508. The standard InChI is InChI=1S/C22H38O3/c1-20-11-12-22(23,14-24-3)13-15(20)5-6-16-17-7-8-19(25-4)21(17,2)10-9-18(16)20/h15-19,23H,5-14H2,1-4H3/t15?,16?,17?,18?,19-,20-,21-,22+/m0/s1. The van der Waals surface area contributed by atoms with Crippen molar-refractivity contribution in [3.05, 3.63) is 0 Å². The number of methoxy groups -OCH3 is 2. The van der Waals surface area contributed by atoms with Crippen molar-refractivity contribution in [1.82, 2.24) is 0 Å². The average molecular weight is 351 g/mol. The van der Waals surface area contributed by atoms with E-state index in [9.17, 15) is 5.11 Å². The summed E-state index contributed by atoms with van der Waals surface area (Å²) in [6, 6.07) is 0. The third-order valence-corrected chi connectivity index (χ3v) is 9.43. The third-order valence-electron chi connectivity index (χ3n) is 9.43. The van der Waals surface area contributed by atoms with Crippen molar-refractivity contribution >= 4 is 0 Å². The zero-order chi connectivity index (χ0) is 17.9. The molecule has 4 rings (SSSR count).